The third-order valence-corrected chi connectivity index (χ3v) is 7.74. The molecule has 146 valence electrons. The third kappa shape index (κ3) is 3.43. The predicted molar refractivity (Wildman–Crippen MR) is 123 cm³/mol. The molecule has 2 aromatic carbocycles. The van der Waals surface area contributed by atoms with Crippen molar-refractivity contribution in [1.29, 1.82) is 0 Å². The van der Waals surface area contributed by atoms with Crippen LogP contribution in [-0.2, 0) is 12.2 Å². The van der Waals surface area contributed by atoms with Crippen molar-refractivity contribution in [3.63, 3.8) is 0 Å². The largest absolute Gasteiger partial charge is 0.268 e. The zero-order valence-electron chi connectivity index (χ0n) is 16.3. The van der Waals surface area contributed by atoms with E-state index in [1.807, 2.05) is 53.1 Å². The first kappa shape index (κ1) is 18.6. The minimum atomic E-state index is 0.0722. The molecule has 29 heavy (non-hydrogen) atoms. The van der Waals surface area contributed by atoms with E-state index < -0.39 is 0 Å². The van der Waals surface area contributed by atoms with Crippen molar-refractivity contribution in [1.82, 2.24) is 9.55 Å². The highest BCUT2D eigenvalue weighted by Crippen LogP contribution is 2.41. The van der Waals surface area contributed by atoms with Gasteiger partial charge in [0, 0.05) is 10.6 Å². The molecule has 5 rings (SSSR count). The van der Waals surface area contributed by atoms with Gasteiger partial charge < -0.3 is 0 Å². The van der Waals surface area contributed by atoms with Crippen LogP contribution < -0.4 is 5.56 Å². The van der Waals surface area contributed by atoms with Gasteiger partial charge in [0.25, 0.3) is 5.56 Å². The van der Waals surface area contributed by atoms with Crippen molar-refractivity contribution in [2.24, 2.45) is 0 Å². The van der Waals surface area contributed by atoms with Crippen LogP contribution in [0.2, 0.25) is 0 Å². The number of fused-ring (bicyclic) bond motifs is 3. The van der Waals surface area contributed by atoms with Crippen LogP contribution in [0.4, 0.5) is 0 Å². The first-order chi connectivity index (χ1) is 14.2. The molecule has 2 heterocycles. The van der Waals surface area contributed by atoms with E-state index in [-0.39, 0.29) is 5.56 Å². The molecule has 0 N–H and O–H groups in total. The van der Waals surface area contributed by atoms with Gasteiger partial charge >= 0.3 is 0 Å². The molecule has 0 radical (unpaired) electrons. The van der Waals surface area contributed by atoms with Gasteiger partial charge in [-0.05, 0) is 48.4 Å². The maximum Gasteiger partial charge on any atom is 0.267 e. The molecule has 0 saturated carbocycles. The number of aryl methyl sites for hydroxylation is 1. The quantitative estimate of drug-likeness (QED) is 0.293. The summed E-state index contributed by atoms with van der Waals surface area (Å²) in [4.78, 5) is 21.0. The van der Waals surface area contributed by atoms with Crippen LogP contribution in [0.5, 0.6) is 0 Å². The van der Waals surface area contributed by atoms with Crippen LogP contribution in [0.1, 0.15) is 41.7 Å². The highest BCUT2D eigenvalue weighted by atomic mass is 32.2. The van der Waals surface area contributed by atoms with Crippen LogP contribution in [0.3, 0.4) is 0 Å². The molecule has 1 atom stereocenters. The Morgan fingerprint density at radius 2 is 1.83 bits per heavy atom. The van der Waals surface area contributed by atoms with E-state index in [9.17, 15) is 4.79 Å². The number of hydrogen-bond acceptors (Lipinski definition) is 4. The van der Waals surface area contributed by atoms with Crippen molar-refractivity contribution in [2.75, 3.05) is 0 Å². The van der Waals surface area contributed by atoms with Crippen LogP contribution in [0.25, 0.3) is 15.9 Å². The normalized spacial score (nSPS) is 16.1. The van der Waals surface area contributed by atoms with Gasteiger partial charge in [-0.3, -0.25) is 9.36 Å². The smallest absolute Gasteiger partial charge is 0.267 e. The molecule has 4 aromatic rings. The van der Waals surface area contributed by atoms with Gasteiger partial charge in [-0.25, -0.2) is 4.98 Å². The molecular weight excluding hydrogens is 396 g/mol. The van der Waals surface area contributed by atoms with Crippen molar-refractivity contribution >= 4 is 33.3 Å². The minimum Gasteiger partial charge on any atom is -0.268 e. The highest BCUT2D eigenvalue weighted by Gasteiger charge is 2.26. The lowest BCUT2D eigenvalue weighted by atomic mass is 9.88. The van der Waals surface area contributed by atoms with Crippen LogP contribution in [0, 0.1) is 0 Å². The molecule has 0 fully saturated rings. The van der Waals surface area contributed by atoms with Gasteiger partial charge in [0.1, 0.15) is 4.83 Å². The lowest BCUT2D eigenvalue weighted by Crippen LogP contribution is -2.22. The molecule has 0 spiro atoms. The van der Waals surface area contributed by atoms with E-state index in [0.717, 1.165) is 39.7 Å². The van der Waals surface area contributed by atoms with Crippen LogP contribution >= 0.6 is 23.1 Å². The monoisotopic (exact) mass is 418 g/mol. The van der Waals surface area contributed by atoms with E-state index in [4.69, 9.17) is 4.98 Å². The fraction of sp³-hybridized carbons (Fsp3) is 0.250. The molecule has 1 aliphatic rings. The molecule has 2 aromatic heterocycles. The summed E-state index contributed by atoms with van der Waals surface area (Å²) in [6, 6.07) is 20.3. The lowest BCUT2D eigenvalue weighted by molar-refractivity contribution is 0.601. The van der Waals surface area contributed by atoms with Gasteiger partial charge in [0.05, 0.1) is 11.1 Å². The first-order valence-electron chi connectivity index (χ1n) is 10.0. The summed E-state index contributed by atoms with van der Waals surface area (Å²) in [6.45, 7) is 2.24. The molecule has 0 unspecified atom stereocenters. The number of thiophene rings is 1. The van der Waals surface area contributed by atoms with E-state index in [1.54, 1.807) is 23.1 Å². The second kappa shape index (κ2) is 7.81. The average molecular weight is 419 g/mol. The van der Waals surface area contributed by atoms with Crippen LogP contribution in [-0.4, -0.2) is 9.55 Å². The van der Waals surface area contributed by atoms with Gasteiger partial charge in [-0.15, -0.1) is 11.3 Å². The number of benzene rings is 2. The topological polar surface area (TPSA) is 34.9 Å². The number of hydrogen-bond donors (Lipinski definition) is 0. The Balaban J connectivity index is 1.70. The Labute approximate surface area is 178 Å². The Bertz CT molecular complexity index is 1210. The fourth-order valence-electron chi connectivity index (χ4n) is 4.14. The summed E-state index contributed by atoms with van der Waals surface area (Å²) < 4.78 is 1.81. The summed E-state index contributed by atoms with van der Waals surface area (Å²) in [5.41, 5.74) is 3.43. The van der Waals surface area contributed by atoms with Crippen molar-refractivity contribution in [3.05, 3.63) is 87.0 Å². The highest BCUT2D eigenvalue weighted by molar-refractivity contribution is 7.98. The van der Waals surface area contributed by atoms with Crippen molar-refractivity contribution in [3.8, 4) is 5.69 Å². The molecule has 0 amide bonds. The molecule has 1 aliphatic carbocycles. The lowest BCUT2D eigenvalue weighted by Gasteiger charge is -2.19. The molecule has 0 aliphatic heterocycles. The summed E-state index contributed by atoms with van der Waals surface area (Å²) >= 11 is 3.35. The van der Waals surface area contributed by atoms with E-state index in [1.165, 1.54) is 22.4 Å². The Morgan fingerprint density at radius 3 is 2.59 bits per heavy atom. The summed E-state index contributed by atoms with van der Waals surface area (Å²) in [5.74, 6) is 1.21. The number of thioether (sulfide) groups is 1. The summed E-state index contributed by atoms with van der Waals surface area (Å²) in [6.07, 6.45) is 3.41. The maximum absolute atomic E-state index is 13.8. The standard InChI is InChI=1S/C24H22N2OS2/c1-16-9-8-14-19-20(16)21-22(29-19)25-24(28-15-17-10-4-2-5-11-17)26(23(21)27)18-12-6-3-7-13-18/h2-7,10-13,16H,8-9,14-15H2,1H3/t16-/m0/s1. The number of aromatic nitrogens is 2. The maximum atomic E-state index is 13.8. The van der Waals surface area contributed by atoms with Gasteiger partial charge in [-0.2, -0.15) is 0 Å². The zero-order valence-corrected chi connectivity index (χ0v) is 17.9. The molecule has 3 nitrogen and oxygen atoms in total. The Hall–Kier alpha value is -2.37. The van der Waals surface area contributed by atoms with E-state index >= 15 is 0 Å². The van der Waals surface area contributed by atoms with Gasteiger partial charge in [-0.1, -0.05) is 67.2 Å². The zero-order chi connectivity index (χ0) is 19.8. The predicted octanol–water partition coefficient (Wildman–Crippen LogP) is 6.18. The average Bonchev–Trinajstić information content (AvgIpc) is 3.14. The first-order valence-corrected chi connectivity index (χ1v) is 11.8. The van der Waals surface area contributed by atoms with Gasteiger partial charge in [0.15, 0.2) is 5.16 Å². The second-order valence-corrected chi connectivity index (χ2v) is 9.58. The van der Waals surface area contributed by atoms with Gasteiger partial charge in [0.2, 0.25) is 0 Å². The Morgan fingerprint density at radius 1 is 1.10 bits per heavy atom. The molecular formula is C24H22N2OS2. The Kier molecular flexibility index (Phi) is 5.02. The number of nitrogens with zero attached hydrogens (tertiary/aromatic N) is 2. The van der Waals surface area contributed by atoms with E-state index in [0.29, 0.717) is 5.92 Å². The number of para-hydroxylation sites is 1. The van der Waals surface area contributed by atoms with Crippen LogP contribution in [0.15, 0.2) is 70.6 Å². The summed E-state index contributed by atoms with van der Waals surface area (Å²) in [5, 5.41) is 1.61. The van der Waals surface area contributed by atoms with E-state index in [2.05, 4.69) is 19.1 Å². The summed E-state index contributed by atoms with van der Waals surface area (Å²) in [7, 11) is 0. The fourth-order valence-corrected chi connectivity index (χ4v) is 6.49. The van der Waals surface area contributed by atoms with Crippen molar-refractivity contribution < 1.29 is 0 Å². The SMILES string of the molecule is C[C@H]1CCCc2sc3nc(SCc4ccccc4)n(-c4ccccc4)c(=O)c3c21. The van der Waals surface area contributed by atoms with Crippen molar-refractivity contribution in [2.45, 2.75) is 43.0 Å². The number of rotatable bonds is 4. The molecule has 0 bridgehead atoms. The molecule has 5 heteroatoms. The second-order valence-electron chi connectivity index (χ2n) is 7.56. The third-order valence-electron chi connectivity index (χ3n) is 5.57. The molecule has 0 saturated heterocycles. The minimum absolute atomic E-state index is 0.0722.